The van der Waals surface area contributed by atoms with Gasteiger partial charge >= 0.3 is 6.61 Å². The van der Waals surface area contributed by atoms with Crippen molar-refractivity contribution >= 4 is 11.5 Å². The first-order valence-corrected chi connectivity index (χ1v) is 6.82. The molecular weight excluding hydrogens is 302 g/mol. The number of nitriles is 1. The first-order chi connectivity index (χ1) is 11.0. The van der Waals surface area contributed by atoms with E-state index in [1.165, 1.54) is 19.1 Å². The molecule has 0 unspecified atom stereocenters. The second kappa shape index (κ2) is 7.36. The van der Waals surface area contributed by atoms with Crippen LogP contribution in [0.15, 0.2) is 42.5 Å². The third-order valence-electron chi connectivity index (χ3n) is 3.15. The van der Waals surface area contributed by atoms with Crippen molar-refractivity contribution in [2.75, 3.05) is 5.32 Å². The Morgan fingerprint density at radius 3 is 2.74 bits per heavy atom. The van der Waals surface area contributed by atoms with Crippen LogP contribution in [0.2, 0.25) is 0 Å². The molecule has 0 saturated carbocycles. The number of hydrogen-bond donors (Lipinski definition) is 1. The zero-order valence-electron chi connectivity index (χ0n) is 12.3. The van der Waals surface area contributed by atoms with Gasteiger partial charge < -0.3 is 10.1 Å². The first kappa shape index (κ1) is 16.4. The average Bonchev–Trinajstić information content (AvgIpc) is 2.52. The standard InChI is InChI=1S/C17H14F2N2O2/c1-11(22)13-5-6-14(9-20)16(8-13)21-10-12-3-2-4-15(7-12)23-17(18)19/h2-8,17,21H,10H2,1H3. The molecule has 0 atom stereocenters. The SMILES string of the molecule is CC(=O)c1ccc(C#N)c(NCc2cccc(OC(F)F)c2)c1. The number of carbonyl (C=O) groups excluding carboxylic acids is 1. The highest BCUT2D eigenvalue weighted by molar-refractivity contribution is 5.95. The fourth-order valence-corrected chi connectivity index (χ4v) is 2.04. The number of ketones is 1. The van der Waals surface area contributed by atoms with Crippen LogP contribution < -0.4 is 10.1 Å². The Bertz CT molecular complexity index is 754. The monoisotopic (exact) mass is 316 g/mol. The van der Waals surface area contributed by atoms with Crippen LogP contribution >= 0.6 is 0 Å². The largest absolute Gasteiger partial charge is 0.435 e. The number of nitrogens with one attached hydrogen (secondary N) is 1. The van der Waals surface area contributed by atoms with Gasteiger partial charge in [-0.25, -0.2) is 0 Å². The summed E-state index contributed by atoms with van der Waals surface area (Å²) in [7, 11) is 0. The van der Waals surface area contributed by atoms with Crippen molar-refractivity contribution in [2.24, 2.45) is 0 Å². The smallest absolute Gasteiger partial charge is 0.387 e. The van der Waals surface area contributed by atoms with Gasteiger partial charge in [0.15, 0.2) is 5.78 Å². The summed E-state index contributed by atoms with van der Waals surface area (Å²) in [5, 5.41) is 12.1. The summed E-state index contributed by atoms with van der Waals surface area (Å²) in [5.74, 6) is -0.0397. The van der Waals surface area contributed by atoms with Gasteiger partial charge in [0, 0.05) is 12.1 Å². The molecule has 0 radical (unpaired) electrons. The van der Waals surface area contributed by atoms with Crippen LogP contribution in [0.4, 0.5) is 14.5 Å². The molecule has 2 aromatic carbocycles. The van der Waals surface area contributed by atoms with Gasteiger partial charge in [-0.2, -0.15) is 14.0 Å². The van der Waals surface area contributed by atoms with Crippen LogP contribution in [0, 0.1) is 11.3 Å². The summed E-state index contributed by atoms with van der Waals surface area (Å²) < 4.78 is 28.8. The molecule has 0 bridgehead atoms. The molecule has 1 N–H and O–H groups in total. The van der Waals surface area contributed by atoms with Crippen LogP contribution in [0.25, 0.3) is 0 Å². The van der Waals surface area contributed by atoms with E-state index < -0.39 is 6.61 Å². The predicted molar refractivity (Wildman–Crippen MR) is 81.6 cm³/mol. The molecule has 2 aromatic rings. The summed E-state index contributed by atoms with van der Waals surface area (Å²) in [6, 6.07) is 13.1. The van der Waals surface area contributed by atoms with E-state index in [1.807, 2.05) is 6.07 Å². The van der Waals surface area contributed by atoms with Gasteiger partial charge in [0.2, 0.25) is 0 Å². The fourth-order valence-electron chi connectivity index (χ4n) is 2.04. The molecule has 0 spiro atoms. The van der Waals surface area contributed by atoms with E-state index in [0.29, 0.717) is 28.9 Å². The minimum absolute atomic E-state index is 0.0669. The Morgan fingerprint density at radius 1 is 1.30 bits per heavy atom. The van der Waals surface area contributed by atoms with Crippen molar-refractivity contribution in [2.45, 2.75) is 20.1 Å². The number of ether oxygens (including phenoxy) is 1. The number of Topliss-reactive ketones (excluding diaryl/α,β-unsaturated/α-hetero) is 1. The van der Waals surface area contributed by atoms with Crippen LogP contribution in [0.1, 0.15) is 28.4 Å². The Hall–Kier alpha value is -2.94. The lowest BCUT2D eigenvalue weighted by Gasteiger charge is -2.11. The fraction of sp³-hybridized carbons (Fsp3) is 0.176. The van der Waals surface area contributed by atoms with Gasteiger partial charge in [0.05, 0.1) is 11.3 Å². The summed E-state index contributed by atoms with van der Waals surface area (Å²) in [6.45, 7) is -1.14. The van der Waals surface area contributed by atoms with Crippen molar-refractivity contribution in [1.82, 2.24) is 0 Å². The number of carbonyl (C=O) groups is 1. The molecule has 118 valence electrons. The van der Waals surface area contributed by atoms with E-state index in [1.54, 1.807) is 30.3 Å². The molecular formula is C17H14F2N2O2. The highest BCUT2D eigenvalue weighted by Crippen LogP contribution is 2.20. The molecule has 2 rings (SSSR count). The van der Waals surface area contributed by atoms with Gasteiger partial charge in [0.1, 0.15) is 11.8 Å². The molecule has 4 nitrogen and oxygen atoms in total. The molecule has 6 heteroatoms. The molecule has 0 amide bonds. The van der Waals surface area contributed by atoms with Crippen molar-refractivity contribution in [3.8, 4) is 11.8 Å². The maximum atomic E-state index is 12.2. The van der Waals surface area contributed by atoms with Gasteiger partial charge in [-0.15, -0.1) is 0 Å². The third kappa shape index (κ3) is 4.51. The van der Waals surface area contributed by atoms with Crippen molar-refractivity contribution in [3.63, 3.8) is 0 Å². The number of benzene rings is 2. The van der Waals surface area contributed by atoms with E-state index >= 15 is 0 Å². The van der Waals surface area contributed by atoms with Gasteiger partial charge in [0.25, 0.3) is 0 Å². The number of alkyl halides is 2. The van der Waals surface area contributed by atoms with Gasteiger partial charge in [-0.05, 0) is 42.8 Å². The maximum Gasteiger partial charge on any atom is 0.387 e. The van der Waals surface area contributed by atoms with Crippen LogP contribution in [0.5, 0.6) is 5.75 Å². The highest BCUT2D eigenvalue weighted by Gasteiger charge is 2.08. The van der Waals surface area contributed by atoms with E-state index in [-0.39, 0.29) is 11.5 Å². The predicted octanol–water partition coefficient (Wildman–Crippen LogP) is 3.97. The lowest BCUT2D eigenvalue weighted by Crippen LogP contribution is -2.05. The van der Waals surface area contributed by atoms with Gasteiger partial charge in [-0.3, -0.25) is 4.79 Å². The first-order valence-electron chi connectivity index (χ1n) is 6.82. The van der Waals surface area contributed by atoms with E-state index in [0.717, 1.165) is 0 Å². The number of nitrogens with zero attached hydrogens (tertiary/aromatic N) is 1. The number of rotatable bonds is 6. The normalized spacial score (nSPS) is 10.2. The number of hydrogen-bond acceptors (Lipinski definition) is 4. The average molecular weight is 316 g/mol. The lowest BCUT2D eigenvalue weighted by molar-refractivity contribution is -0.0498. The Balaban J connectivity index is 2.16. The van der Waals surface area contributed by atoms with Crippen LogP contribution in [-0.2, 0) is 6.54 Å². The van der Waals surface area contributed by atoms with Crippen molar-refractivity contribution < 1.29 is 18.3 Å². The van der Waals surface area contributed by atoms with E-state index in [4.69, 9.17) is 5.26 Å². The second-order valence-electron chi connectivity index (χ2n) is 4.81. The third-order valence-corrected chi connectivity index (χ3v) is 3.15. The lowest BCUT2D eigenvalue weighted by atomic mass is 10.1. The zero-order valence-corrected chi connectivity index (χ0v) is 12.3. The van der Waals surface area contributed by atoms with Gasteiger partial charge in [-0.1, -0.05) is 12.1 Å². The number of anilines is 1. The van der Waals surface area contributed by atoms with Crippen molar-refractivity contribution in [3.05, 3.63) is 59.2 Å². The molecule has 0 aromatic heterocycles. The summed E-state index contributed by atoms with van der Waals surface area (Å²) >= 11 is 0. The van der Waals surface area contributed by atoms with Crippen LogP contribution in [-0.4, -0.2) is 12.4 Å². The summed E-state index contributed by atoms with van der Waals surface area (Å²) in [4.78, 5) is 11.4. The summed E-state index contributed by atoms with van der Waals surface area (Å²) in [5.41, 5.74) is 2.11. The molecule has 0 fully saturated rings. The van der Waals surface area contributed by atoms with E-state index in [9.17, 15) is 13.6 Å². The minimum Gasteiger partial charge on any atom is -0.435 e. The quantitative estimate of drug-likeness (QED) is 0.819. The maximum absolute atomic E-state index is 12.2. The molecule has 0 aliphatic heterocycles. The molecule has 0 aliphatic carbocycles. The van der Waals surface area contributed by atoms with E-state index in [2.05, 4.69) is 10.1 Å². The topological polar surface area (TPSA) is 62.1 Å². The highest BCUT2D eigenvalue weighted by atomic mass is 19.3. The molecule has 0 aliphatic rings. The Kier molecular flexibility index (Phi) is 5.26. The van der Waals surface area contributed by atoms with Crippen LogP contribution in [0.3, 0.4) is 0 Å². The van der Waals surface area contributed by atoms with Crippen molar-refractivity contribution in [1.29, 1.82) is 5.26 Å². The Labute approximate surface area is 132 Å². The Morgan fingerprint density at radius 2 is 2.09 bits per heavy atom. The second-order valence-corrected chi connectivity index (χ2v) is 4.81. The molecule has 0 heterocycles. The molecule has 0 saturated heterocycles. The zero-order chi connectivity index (χ0) is 16.8. The summed E-state index contributed by atoms with van der Waals surface area (Å²) in [6.07, 6.45) is 0. The molecule has 23 heavy (non-hydrogen) atoms. The number of halogens is 2. The minimum atomic E-state index is -2.88.